The summed E-state index contributed by atoms with van der Waals surface area (Å²) < 4.78 is 9.20. The number of furan rings is 1. The molecule has 190 valence electrons. The van der Waals surface area contributed by atoms with Crippen LogP contribution >= 0.6 is 0 Å². The molecule has 0 radical (unpaired) electrons. The van der Waals surface area contributed by atoms with Crippen molar-refractivity contribution in [2.75, 3.05) is 0 Å². The van der Waals surface area contributed by atoms with E-state index in [9.17, 15) is 0 Å². The molecule has 3 aromatic carbocycles. The van der Waals surface area contributed by atoms with Crippen LogP contribution in [0.15, 0.2) is 59.0 Å². The Labute approximate surface area is 225 Å². The Balaban J connectivity index is 1.65. The Morgan fingerprint density at radius 2 is 1.50 bits per heavy atom. The van der Waals surface area contributed by atoms with Gasteiger partial charge in [-0.25, -0.2) is 4.85 Å². The number of nitrogens with zero attached hydrogens (tertiary/aromatic N) is 2. The second kappa shape index (κ2) is 9.44. The van der Waals surface area contributed by atoms with Crippen molar-refractivity contribution in [3.8, 4) is 22.4 Å². The lowest BCUT2D eigenvalue weighted by molar-refractivity contribution is -0.667. The molecular weight excluding hydrogens is 464 g/mol. The van der Waals surface area contributed by atoms with Crippen molar-refractivity contribution < 1.29 is 8.98 Å². The number of rotatable bonds is 3. The van der Waals surface area contributed by atoms with Crippen LogP contribution in [-0.2, 0) is 7.05 Å². The zero-order chi connectivity index (χ0) is 26.6. The number of hydrogen-bond acceptors (Lipinski definition) is 1. The number of pyridine rings is 1. The predicted molar refractivity (Wildman–Crippen MR) is 157 cm³/mol. The van der Waals surface area contributed by atoms with E-state index in [1.165, 1.54) is 60.2 Å². The van der Waals surface area contributed by atoms with Gasteiger partial charge in [-0.1, -0.05) is 67.8 Å². The minimum atomic E-state index is 0.662. The molecule has 0 spiro atoms. The number of fused-ring (bicyclic) bond motifs is 3. The van der Waals surface area contributed by atoms with Gasteiger partial charge in [-0.2, -0.15) is 4.57 Å². The number of benzene rings is 3. The van der Waals surface area contributed by atoms with Crippen LogP contribution in [0.3, 0.4) is 0 Å². The monoisotopic (exact) mass is 499 g/mol. The topological polar surface area (TPSA) is 21.4 Å². The SMILES string of the molecule is [C-]#[N+]c1c(C)cc2c(oc3c(-c4cc(C)c(C5CCCCC5)c(C)[n+]4C)c(C)ccc32)c1-c1ccccc1. The van der Waals surface area contributed by atoms with E-state index < -0.39 is 0 Å². The van der Waals surface area contributed by atoms with Gasteiger partial charge in [0, 0.05) is 34.9 Å². The smallest absolute Gasteiger partial charge is 0.216 e. The van der Waals surface area contributed by atoms with Crippen LogP contribution in [0.5, 0.6) is 0 Å². The lowest BCUT2D eigenvalue weighted by atomic mass is 9.81. The maximum absolute atomic E-state index is 7.96. The Kier molecular flexibility index (Phi) is 6.07. The van der Waals surface area contributed by atoms with Gasteiger partial charge in [-0.05, 0) is 61.8 Å². The first-order valence-corrected chi connectivity index (χ1v) is 13.8. The van der Waals surface area contributed by atoms with Crippen LogP contribution in [0.1, 0.15) is 66.0 Å². The van der Waals surface area contributed by atoms with Gasteiger partial charge in [0.15, 0.2) is 5.69 Å². The zero-order valence-corrected chi connectivity index (χ0v) is 23.1. The van der Waals surface area contributed by atoms with Crippen molar-refractivity contribution in [1.82, 2.24) is 0 Å². The maximum atomic E-state index is 7.96. The molecule has 3 heteroatoms. The number of aromatic nitrogens is 1. The highest BCUT2D eigenvalue weighted by atomic mass is 16.3. The van der Waals surface area contributed by atoms with Crippen molar-refractivity contribution in [3.05, 3.63) is 94.0 Å². The van der Waals surface area contributed by atoms with Crippen LogP contribution < -0.4 is 4.57 Å². The third-order valence-corrected chi connectivity index (χ3v) is 8.78. The third-order valence-electron chi connectivity index (χ3n) is 8.78. The lowest BCUT2D eigenvalue weighted by Crippen LogP contribution is -2.37. The summed E-state index contributed by atoms with van der Waals surface area (Å²) in [5.41, 5.74) is 13.0. The molecule has 3 nitrogen and oxygen atoms in total. The highest BCUT2D eigenvalue weighted by Gasteiger charge is 2.29. The number of hydrogen-bond donors (Lipinski definition) is 0. The normalized spacial score (nSPS) is 14.3. The third kappa shape index (κ3) is 3.74. The average molecular weight is 500 g/mol. The molecule has 1 fully saturated rings. The van der Waals surface area contributed by atoms with E-state index in [1.807, 2.05) is 25.1 Å². The second-order valence-corrected chi connectivity index (χ2v) is 11.1. The molecule has 2 heterocycles. The molecule has 0 amide bonds. The van der Waals surface area contributed by atoms with E-state index in [0.29, 0.717) is 11.6 Å². The van der Waals surface area contributed by atoms with Crippen LogP contribution in [0.2, 0.25) is 0 Å². The van der Waals surface area contributed by atoms with Gasteiger partial charge in [0.1, 0.15) is 18.2 Å². The molecule has 0 saturated heterocycles. The summed E-state index contributed by atoms with van der Waals surface area (Å²) in [6.45, 7) is 16.7. The molecule has 0 unspecified atom stereocenters. The average Bonchev–Trinajstić information content (AvgIpc) is 3.29. The fraction of sp³-hybridized carbons (Fsp3) is 0.314. The Morgan fingerprint density at radius 1 is 0.789 bits per heavy atom. The van der Waals surface area contributed by atoms with Crippen LogP contribution in [-0.4, -0.2) is 0 Å². The molecule has 2 aromatic heterocycles. The van der Waals surface area contributed by atoms with Crippen molar-refractivity contribution in [2.24, 2.45) is 7.05 Å². The molecule has 0 aliphatic heterocycles. The van der Waals surface area contributed by atoms with Gasteiger partial charge in [0.05, 0.1) is 12.1 Å². The van der Waals surface area contributed by atoms with Crippen LogP contribution in [0, 0.1) is 34.3 Å². The zero-order valence-electron chi connectivity index (χ0n) is 23.1. The standard InChI is InChI=1S/C35H35N2O/c1-21-17-18-27-28-19-23(3)33(36-5)32(26-15-11-8-12-16-26)35(28)38-34(27)31(21)29-20-22(2)30(24(4)37(29)6)25-13-9-7-10-14-25/h8,11-12,15-20,25H,7,9-10,13-14H2,1-4,6H3/q+1. The Bertz CT molecular complexity index is 1750. The van der Waals surface area contributed by atoms with E-state index in [2.05, 4.69) is 73.6 Å². The molecule has 0 N–H and O–H groups in total. The van der Waals surface area contributed by atoms with E-state index >= 15 is 0 Å². The van der Waals surface area contributed by atoms with E-state index in [1.54, 1.807) is 0 Å². The summed E-state index contributed by atoms with van der Waals surface area (Å²) in [5.74, 6) is 0.663. The van der Waals surface area contributed by atoms with E-state index in [0.717, 1.165) is 44.2 Å². The molecule has 1 aliphatic carbocycles. The van der Waals surface area contributed by atoms with Crippen LogP contribution in [0.25, 0.3) is 49.2 Å². The summed E-state index contributed by atoms with van der Waals surface area (Å²) in [7, 11) is 2.20. The molecule has 1 aliphatic rings. The van der Waals surface area contributed by atoms with Crippen molar-refractivity contribution in [1.29, 1.82) is 0 Å². The largest absolute Gasteiger partial charge is 0.456 e. The van der Waals surface area contributed by atoms with E-state index in [4.69, 9.17) is 11.0 Å². The fourth-order valence-electron chi connectivity index (χ4n) is 6.81. The van der Waals surface area contributed by atoms with E-state index in [-0.39, 0.29) is 0 Å². The highest BCUT2D eigenvalue weighted by molar-refractivity contribution is 6.15. The van der Waals surface area contributed by atoms with Gasteiger partial charge in [-0.3, -0.25) is 0 Å². The minimum Gasteiger partial charge on any atom is -0.456 e. The molecule has 0 bridgehead atoms. The first-order valence-electron chi connectivity index (χ1n) is 13.8. The van der Waals surface area contributed by atoms with Gasteiger partial charge in [0.25, 0.3) is 0 Å². The molecule has 38 heavy (non-hydrogen) atoms. The first kappa shape index (κ1) is 24.4. The summed E-state index contributed by atoms with van der Waals surface area (Å²) >= 11 is 0. The molecule has 5 aromatic rings. The molecular formula is C35H35N2O+. The second-order valence-electron chi connectivity index (χ2n) is 11.1. The maximum Gasteiger partial charge on any atom is 0.216 e. The van der Waals surface area contributed by atoms with Crippen molar-refractivity contribution >= 4 is 27.6 Å². The van der Waals surface area contributed by atoms with Gasteiger partial charge < -0.3 is 4.42 Å². The predicted octanol–water partition coefficient (Wildman–Crippen LogP) is 9.58. The van der Waals surface area contributed by atoms with Crippen molar-refractivity contribution in [2.45, 2.75) is 65.7 Å². The van der Waals surface area contributed by atoms with Crippen LogP contribution in [0.4, 0.5) is 5.69 Å². The minimum absolute atomic E-state index is 0.662. The number of aryl methyl sites for hydroxylation is 3. The Hall–Kier alpha value is -3.90. The summed E-state index contributed by atoms with van der Waals surface area (Å²) in [6.07, 6.45) is 6.63. The quantitative estimate of drug-likeness (QED) is 0.179. The lowest BCUT2D eigenvalue weighted by Gasteiger charge is -2.24. The summed E-state index contributed by atoms with van der Waals surface area (Å²) in [6, 6.07) is 19.1. The Morgan fingerprint density at radius 3 is 2.21 bits per heavy atom. The first-order chi connectivity index (χ1) is 18.4. The summed E-state index contributed by atoms with van der Waals surface area (Å²) in [5, 5.41) is 2.17. The highest BCUT2D eigenvalue weighted by Crippen LogP contribution is 2.46. The molecule has 6 rings (SSSR count). The van der Waals surface area contributed by atoms with Gasteiger partial charge >= 0.3 is 0 Å². The fourth-order valence-corrected chi connectivity index (χ4v) is 6.81. The van der Waals surface area contributed by atoms with Gasteiger partial charge in [0.2, 0.25) is 11.4 Å². The van der Waals surface area contributed by atoms with Crippen molar-refractivity contribution in [3.63, 3.8) is 0 Å². The summed E-state index contributed by atoms with van der Waals surface area (Å²) in [4.78, 5) is 3.94. The molecule has 1 saturated carbocycles. The molecule has 0 atom stereocenters. The van der Waals surface area contributed by atoms with Gasteiger partial charge in [-0.15, -0.1) is 0 Å².